The maximum absolute atomic E-state index is 12.6. The van der Waals surface area contributed by atoms with Gasteiger partial charge in [-0.1, -0.05) is 37.3 Å². The fourth-order valence-corrected chi connectivity index (χ4v) is 2.79. The largest absolute Gasteiger partial charge is 0.350 e. The molecule has 3 aromatic rings. The molecule has 2 heterocycles. The minimum Gasteiger partial charge on any atom is -0.350 e. The fraction of sp³-hybridized carbons (Fsp3) is 0.200. The van der Waals surface area contributed by atoms with Gasteiger partial charge in [-0.3, -0.25) is 19.7 Å². The summed E-state index contributed by atoms with van der Waals surface area (Å²) in [6, 6.07) is 13.6. The highest BCUT2D eigenvalue weighted by Crippen LogP contribution is 2.21. The Balaban J connectivity index is 1.75. The number of aromatic nitrogens is 3. The summed E-state index contributed by atoms with van der Waals surface area (Å²) in [7, 11) is 0. The van der Waals surface area contributed by atoms with Crippen molar-refractivity contribution in [2.45, 2.75) is 25.8 Å². The SMILES string of the molecule is CC[C@@H](C(=O)NCc1nccnc1-c1cccnc1)c1ccccc1. The molecule has 0 saturated heterocycles. The molecule has 0 spiro atoms. The van der Waals surface area contributed by atoms with Gasteiger partial charge in [0.15, 0.2) is 0 Å². The molecule has 0 unspecified atom stereocenters. The molecular formula is C20H20N4O. The van der Waals surface area contributed by atoms with Crippen LogP contribution in [-0.2, 0) is 11.3 Å². The summed E-state index contributed by atoms with van der Waals surface area (Å²) in [4.78, 5) is 25.5. The van der Waals surface area contributed by atoms with Crippen LogP contribution >= 0.6 is 0 Å². The van der Waals surface area contributed by atoms with Crippen LogP contribution in [0, 0.1) is 0 Å². The number of hydrogen-bond acceptors (Lipinski definition) is 4. The lowest BCUT2D eigenvalue weighted by Gasteiger charge is -2.16. The van der Waals surface area contributed by atoms with Crippen LogP contribution in [0.3, 0.4) is 0 Å². The van der Waals surface area contributed by atoms with E-state index in [9.17, 15) is 4.79 Å². The molecule has 1 aromatic carbocycles. The van der Waals surface area contributed by atoms with E-state index in [1.165, 1.54) is 0 Å². The van der Waals surface area contributed by atoms with Crippen molar-refractivity contribution in [2.75, 3.05) is 0 Å². The zero-order valence-electron chi connectivity index (χ0n) is 14.1. The second kappa shape index (κ2) is 8.15. The van der Waals surface area contributed by atoms with Crippen LogP contribution in [0.15, 0.2) is 67.3 Å². The van der Waals surface area contributed by atoms with E-state index >= 15 is 0 Å². The zero-order chi connectivity index (χ0) is 17.5. The average molecular weight is 332 g/mol. The normalized spacial score (nSPS) is 11.7. The van der Waals surface area contributed by atoms with Crippen LogP contribution in [0.2, 0.25) is 0 Å². The van der Waals surface area contributed by atoms with Gasteiger partial charge in [0.25, 0.3) is 0 Å². The number of nitrogens with zero attached hydrogens (tertiary/aromatic N) is 3. The summed E-state index contributed by atoms with van der Waals surface area (Å²) in [6.07, 6.45) is 7.48. The molecule has 1 amide bonds. The molecule has 0 aliphatic rings. The molecule has 5 nitrogen and oxygen atoms in total. The highest BCUT2D eigenvalue weighted by molar-refractivity contribution is 5.83. The highest BCUT2D eigenvalue weighted by Gasteiger charge is 2.19. The van der Waals surface area contributed by atoms with E-state index in [4.69, 9.17) is 0 Å². The number of carbonyl (C=O) groups is 1. The Bertz CT molecular complexity index is 821. The number of rotatable bonds is 6. The summed E-state index contributed by atoms with van der Waals surface area (Å²) in [5.41, 5.74) is 3.37. The number of amides is 1. The first kappa shape index (κ1) is 16.8. The van der Waals surface area contributed by atoms with E-state index < -0.39 is 0 Å². The molecule has 25 heavy (non-hydrogen) atoms. The molecule has 0 aliphatic heterocycles. The van der Waals surface area contributed by atoms with Crippen LogP contribution in [0.1, 0.15) is 30.5 Å². The Morgan fingerprint density at radius 2 is 1.84 bits per heavy atom. The summed E-state index contributed by atoms with van der Waals surface area (Å²) in [5, 5.41) is 3.00. The molecule has 5 heteroatoms. The van der Waals surface area contributed by atoms with Crippen molar-refractivity contribution in [3.8, 4) is 11.3 Å². The van der Waals surface area contributed by atoms with E-state index in [0.29, 0.717) is 6.54 Å². The molecule has 3 rings (SSSR count). The average Bonchev–Trinajstić information content (AvgIpc) is 2.69. The van der Waals surface area contributed by atoms with Crippen molar-refractivity contribution < 1.29 is 4.79 Å². The van der Waals surface area contributed by atoms with Gasteiger partial charge < -0.3 is 5.32 Å². The molecule has 0 radical (unpaired) electrons. The molecule has 2 aromatic heterocycles. The third-order valence-electron chi connectivity index (χ3n) is 4.07. The van der Waals surface area contributed by atoms with Gasteiger partial charge >= 0.3 is 0 Å². The Kier molecular flexibility index (Phi) is 5.46. The lowest BCUT2D eigenvalue weighted by Crippen LogP contribution is -2.29. The monoisotopic (exact) mass is 332 g/mol. The Morgan fingerprint density at radius 3 is 2.56 bits per heavy atom. The predicted octanol–water partition coefficient (Wildman–Crippen LogP) is 3.35. The minimum atomic E-state index is -0.167. The smallest absolute Gasteiger partial charge is 0.227 e. The summed E-state index contributed by atoms with van der Waals surface area (Å²) >= 11 is 0. The van der Waals surface area contributed by atoms with E-state index in [1.807, 2.05) is 49.4 Å². The Labute approximate surface area is 147 Å². The van der Waals surface area contributed by atoms with Crippen molar-refractivity contribution in [3.05, 3.63) is 78.5 Å². The second-order valence-corrected chi connectivity index (χ2v) is 5.68. The third-order valence-corrected chi connectivity index (χ3v) is 4.07. The summed E-state index contributed by atoms with van der Waals surface area (Å²) in [6.45, 7) is 2.35. The molecule has 0 saturated carbocycles. The van der Waals surface area contributed by atoms with Crippen LogP contribution in [-0.4, -0.2) is 20.9 Å². The Hall–Kier alpha value is -3.08. The van der Waals surface area contributed by atoms with Crippen molar-refractivity contribution >= 4 is 5.91 Å². The molecular weight excluding hydrogens is 312 g/mol. The predicted molar refractivity (Wildman–Crippen MR) is 96.6 cm³/mol. The number of hydrogen-bond donors (Lipinski definition) is 1. The summed E-state index contributed by atoms with van der Waals surface area (Å²) in [5.74, 6) is -0.170. The van der Waals surface area contributed by atoms with Crippen LogP contribution < -0.4 is 5.32 Å². The minimum absolute atomic E-state index is 0.00325. The maximum atomic E-state index is 12.6. The van der Waals surface area contributed by atoms with Gasteiger partial charge in [0.1, 0.15) is 0 Å². The Morgan fingerprint density at radius 1 is 1.04 bits per heavy atom. The quantitative estimate of drug-likeness (QED) is 0.752. The van der Waals surface area contributed by atoms with Crippen molar-refractivity contribution in [2.24, 2.45) is 0 Å². The molecule has 0 bridgehead atoms. The fourth-order valence-electron chi connectivity index (χ4n) is 2.79. The van der Waals surface area contributed by atoms with Crippen LogP contribution in [0.4, 0.5) is 0 Å². The van der Waals surface area contributed by atoms with E-state index in [-0.39, 0.29) is 11.8 Å². The number of benzene rings is 1. The van der Waals surface area contributed by atoms with Crippen molar-refractivity contribution in [3.63, 3.8) is 0 Å². The second-order valence-electron chi connectivity index (χ2n) is 5.68. The van der Waals surface area contributed by atoms with Gasteiger partial charge in [0, 0.05) is 30.4 Å². The maximum Gasteiger partial charge on any atom is 0.227 e. The topological polar surface area (TPSA) is 67.8 Å². The molecule has 0 aliphatic carbocycles. The number of carbonyl (C=O) groups excluding carboxylic acids is 1. The molecule has 126 valence electrons. The van der Waals surface area contributed by atoms with Gasteiger partial charge in [-0.05, 0) is 24.1 Å². The lowest BCUT2D eigenvalue weighted by molar-refractivity contribution is -0.122. The molecule has 1 atom stereocenters. The number of pyridine rings is 1. The first-order chi connectivity index (χ1) is 12.3. The van der Waals surface area contributed by atoms with Gasteiger partial charge in [-0.2, -0.15) is 0 Å². The third kappa shape index (κ3) is 4.07. The van der Waals surface area contributed by atoms with E-state index in [1.54, 1.807) is 24.8 Å². The molecule has 0 fully saturated rings. The van der Waals surface area contributed by atoms with E-state index in [0.717, 1.165) is 28.9 Å². The standard InChI is InChI=1S/C20H20N4O/c1-2-17(15-7-4-3-5-8-15)20(25)24-14-18-19(23-12-11-22-18)16-9-6-10-21-13-16/h3-13,17H,2,14H2,1H3,(H,24,25)/t17-/m1/s1. The first-order valence-electron chi connectivity index (χ1n) is 8.32. The highest BCUT2D eigenvalue weighted by atomic mass is 16.1. The molecule has 1 N–H and O–H groups in total. The van der Waals surface area contributed by atoms with Gasteiger partial charge in [0.05, 0.1) is 23.9 Å². The van der Waals surface area contributed by atoms with Crippen molar-refractivity contribution in [1.29, 1.82) is 0 Å². The number of nitrogens with one attached hydrogen (secondary N) is 1. The van der Waals surface area contributed by atoms with Crippen molar-refractivity contribution in [1.82, 2.24) is 20.3 Å². The zero-order valence-corrected chi connectivity index (χ0v) is 14.1. The van der Waals surface area contributed by atoms with E-state index in [2.05, 4.69) is 20.3 Å². The van der Waals surface area contributed by atoms with Gasteiger partial charge in [-0.25, -0.2) is 0 Å². The first-order valence-corrected chi connectivity index (χ1v) is 8.32. The summed E-state index contributed by atoms with van der Waals surface area (Å²) < 4.78 is 0. The van der Waals surface area contributed by atoms with Crippen LogP contribution in [0.25, 0.3) is 11.3 Å². The van der Waals surface area contributed by atoms with Gasteiger partial charge in [-0.15, -0.1) is 0 Å². The lowest BCUT2D eigenvalue weighted by atomic mass is 9.95. The van der Waals surface area contributed by atoms with Gasteiger partial charge in [0.2, 0.25) is 5.91 Å². The van der Waals surface area contributed by atoms with Crippen LogP contribution in [0.5, 0.6) is 0 Å².